The van der Waals surface area contributed by atoms with Crippen molar-refractivity contribution in [1.29, 1.82) is 0 Å². The molecule has 2 bridgehead atoms. The van der Waals surface area contributed by atoms with Crippen molar-refractivity contribution in [2.24, 2.45) is 34.0 Å². The van der Waals surface area contributed by atoms with Gasteiger partial charge >= 0.3 is 0 Å². The van der Waals surface area contributed by atoms with Gasteiger partial charge in [0.05, 0.1) is 24.4 Å². The van der Waals surface area contributed by atoms with Crippen LogP contribution in [0, 0.1) is 34.0 Å². The molecule has 0 amide bonds. The van der Waals surface area contributed by atoms with Crippen LogP contribution in [0.4, 0.5) is 0 Å². The lowest BCUT2D eigenvalue weighted by atomic mass is 9.53. The zero-order valence-corrected chi connectivity index (χ0v) is 26.9. The van der Waals surface area contributed by atoms with E-state index in [0.717, 1.165) is 32.1 Å². The molecule has 7 aliphatic rings. The number of allylic oxidation sites excluding steroid dienone is 5. The Bertz CT molecular complexity index is 1250. The number of aliphatic hydroxyl groups is 4. The van der Waals surface area contributed by atoms with Crippen LogP contribution in [0.25, 0.3) is 0 Å². The van der Waals surface area contributed by atoms with Crippen LogP contribution in [0.15, 0.2) is 34.9 Å². The zero-order valence-electron chi connectivity index (χ0n) is 26.9. The molecule has 4 fully saturated rings. The van der Waals surface area contributed by atoms with Crippen LogP contribution in [-0.4, -0.2) is 81.3 Å². The van der Waals surface area contributed by atoms with Gasteiger partial charge in [0.2, 0.25) is 0 Å². The lowest BCUT2D eigenvalue weighted by molar-refractivity contribution is -0.293. The average molecular weight is 601 g/mol. The van der Waals surface area contributed by atoms with Crippen LogP contribution in [0.1, 0.15) is 87.0 Å². The molecule has 8 heteroatoms. The summed E-state index contributed by atoms with van der Waals surface area (Å²) in [5.41, 5.74) is 2.91. The average Bonchev–Trinajstić information content (AvgIpc) is 3.21. The minimum Gasteiger partial charge on any atom is -0.388 e. The van der Waals surface area contributed by atoms with Crippen LogP contribution >= 0.6 is 0 Å². The molecule has 0 radical (unpaired) electrons. The molecule has 240 valence electrons. The van der Waals surface area contributed by atoms with Crippen molar-refractivity contribution in [1.82, 2.24) is 0 Å². The summed E-state index contributed by atoms with van der Waals surface area (Å²) in [5, 5.41) is 41.7. The zero-order chi connectivity index (χ0) is 30.9. The summed E-state index contributed by atoms with van der Waals surface area (Å²) in [5.74, 6) is 0.233. The van der Waals surface area contributed by atoms with Crippen molar-refractivity contribution in [3.05, 3.63) is 34.9 Å². The molecule has 3 heterocycles. The molecule has 0 unspecified atom stereocenters. The Morgan fingerprint density at radius 2 is 1.72 bits per heavy atom. The number of hydrogen-bond donors (Lipinski definition) is 4. The van der Waals surface area contributed by atoms with Crippen LogP contribution in [0.2, 0.25) is 0 Å². The Morgan fingerprint density at radius 3 is 2.44 bits per heavy atom. The molecule has 3 saturated heterocycles. The molecule has 7 rings (SSSR count). The maximum atomic E-state index is 11.0. The minimum atomic E-state index is -1.30. The van der Waals surface area contributed by atoms with E-state index in [2.05, 4.69) is 52.8 Å². The molecule has 43 heavy (non-hydrogen) atoms. The van der Waals surface area contributed by atoms with Crippen molar-refractivity contribution in [2.45, 2.75) is 141 Å². The van der Waals surface area contributed by atoms with E-state index in [1.165, 1.54) is 16.7 Å². The molecular weight excluding hydrogens is 548 g/mol. The topological polar surface area (TPSA) is 118 Å². The molecular formula is C35H52O8. The summed E-state index contributed by atoms with van der Waals surface area (Å²) in [4.78, 5) is 0. The molecule has 4 aliphatic carbocycles. The predicted octanol–water partition coefficient (Wildman–Crippen LogP) is 4.16. The number of fused-ring (bicyclic) bond motifs is 6. The van der Waals surface area contributed by atoms with Crippen molar-refractivity contribution in [2.75, 3.05) is 6.61 Å². The first kappa shape index (κ1) is 30.5. The number of rotatable bonds is 3. The Hall–Kier alpha value is -1.10. The largest absolute Gasteiger partial charge is 0.388 e. The van der Waals surface area contributed by atoms with Gasteiger partial charge in [-0.15, -0.1) is 0 Å². The van der Waals surface area contributed by atoms with Crippen molar-refractivity contribution in [3.63, 3.8) is 0 Å². The Kier molecular flexibility index (Phi) is 6.90. The van der Waals surface area contributed by atoms with E-state index in [-0.39, 0.29) is 53.0 Å². The van der Waals surface area contributed by atoms with Gasteiger partial charge in [-0.1, -0.05) is 58.4 Å². The summed E-state index contributed by atoms with van der Waals surface area (Å²) in [7, 11) is 0. The number of hydrogen-bond acceptors (Lipinski definition) is 8. The highest BCUT2D eigenvalue weighted by Crippen LogP contribution is 2.74. The fourth-order valence-corrected chi connectivity index (χ4v) is 10.7. The lowest BCUT2D eigenvalue weighted by Crippen LogP contribution is -2.56. The van der Waals surface area contributed by atoms with Crippen molar-refractivity contribution < 1.29 is 39.4 Å². The second-order valence-corrected chi connectivity index (χ2v) is 16.5. The minimum absolute atomic E-state index is 0.0356. The van der Waals surface area contributed by atoms with Gasteiger partial charge in [0.15, 0.2) is 12.1 Å². The molecule has 3 aliphatic heterocycles. The highest BCUT2D eigenvalue weighted by atomic mass is 16.8. The van der Waals surface area contributed by atoms with E-state index >= 15 is 0 Å². The van der Waals surface area contributed by atoms with E-state index in [1.807, 2.05) is 13.8 Å². The van der Waals surface area contributed by atoms with Gasteiger partial charge in [0.1, 0.15) is 24.4 Å². The van der Waals surface area contributed by atoms with E-state index in [9.17, 15) is 20.4 Å². The van der Waals surface area contributed by atoms with Gasteiger partial charge in [0, 0.05) is 17.8 Å². The fourth-order valence-electron chi connectivity index (χ4n) is 10.7. The maximum Gasteiger partial charge on any atom is 0.186 e. The fraction of sp³-hybridized carbons (Fsp3) is 0.829. The summed E-state index contributed by atoms with van der Waals surface area (Å²) in [6.07, 6.45) is 7.18. The molecule has 8 nitrogen and oxygen atoms in total. The quantitative estimate of drug-likeness (QED) is 0.357. The van der Waals surface area contributed by atoms with Crippen molar-refractivity contribution in [3.8, 4) is 0 Å². The standard InChI is InChI=1S/C35H52O8/c1-18-14-24-29(32(4,5)39)43-35(42-24)17-34(7)22-10-9-21-19(15-20(22)12-13-33(34,6)28(18)35)8-11-25(31(21,2)3)41-30-27(38)26(37)23(36)16-40-30/h8,10,12,18,21,23-30,36-39H,9,11,13-17H2,1-7H3/t18-,21-,23-,24+,25+,26+,27-,28-,29+,30+,33-,34+,35-/m1/s1. The molecule has 13 atom stereocenters. The van der Waals surface area contributed by atoms with E-state index < -0.39 is 36.0 Å². The normalized spacial score (nSPS) is 52.1. The summed E-state index contributed by atoms with van der Waals surface area (Å²) < 4.78 is 25.7. The Labute approximate surface area is 256 Å². The van der Waals surface area contributed by atoms with Gasteiger partial charge in [0.25, 0.3) is 0 Å². The first-order chi connectivity index (χ1) is 20.0. The van der Waals surface area contributed by atoms with Gasteiger partial charge in [-0.3, -0.25) is 0 Å². The maximum absolute atomic E-state index is 11.0. The van der Waals surface area contributed by atoms with Gasteiger partial charge in [-0.25, -0.2) is 0 Å². The first-order valence-electron chi connectivity index (χ1n) is 16.5. The number of ether oxygens (including phenoxy) is 4. The van der Waals surface area contributed by atoms with Crippen LogP contribution in [0.3, 0.4) is 0 Å². The number of aliphatic hydroxyl groups excluding tert-OH is 3. The summed E-state index contributed by atoms with van der Waals surface area (Å²) >= 11 is 0. The third-order valence-electron chi connectivity index (χ3n) is 13.1. The van der Waals surface area contributed by atoms with Crippen molar-refractivity contribution >= 4 is 0 Å². The summed E-state index contributed by atoms with van der Waals surface area (Å²) in [6, 6.07) is 0. The van der Waals surface area contributed by atoms with E-state index in [1.54, 1.807) is 0 Å². The lowest BCUT2D eigenvalue weighted by Gasteiger charge is -2.51. The molecule has 0 aromatic rings. The van der Waals surface area contributed by atoms with E-state index in [4.69, 9.17) is 18.9 Å². The highest BCUT2D eigenvalue weighted by molar-refractivity contribution is 5.49. The SMILES string of the molecule is C[C@@H]1C[C@@H]2O[C@]3(C[C@@]4(C)C5=CC[C@@H]6C(=CC[C@H](O[C@@H]7OC[C@@H](O)[C@H](O)[C@H]7O)C6(C)C)CC5=CC[C@]4(C)[C@@H]13)O[C@@H]2C(C)(C)O. The van der Waals surface area contributed by atoms with Gasteiger partial charge < -0.3 is 39.4 Å². The molecule has 0 aromatic heterocycles. The predicted molar refractivity (Wildman–Crippen MR) is 159 cm³/mol. The third kappa shape index (κ3) is 4.23. The molecule has 0 aromatic carbocycles. The monoisotopic (exact) mass is 600 g/mol. The molecule has 1 saturated carbocycles. The third-order valence-corrected chi connectivity index (χ3v) is 13.1. The second-order valence-electron chi connectivity index (χ2n) is 16.5. The Morgan fingerprint density at radius 1 is 0.977 bits per heavy atom. The highest BCUT2D eigenvalue weighted by Gasteiger charge is 2.75. The van der Waals surface area contributed by atoms with Gasteiger partial charge in [-0.05, 0) is 79.8 Å². The van der Waals surface area contributed by atoms with Crippen LogP contribution in [-0.2, 0) is 18.9 Å². The smallest absolute Gasteiger partial charge is 0.186 e. The van der Waals surface area contributed by atoms with Gasteiger partial charge in [-0.2, -0.15) is 0 Å². The first-order valence-corrected chi connectivity index (χ1v) is 16.5. The molecule has 1 spiro atoms. The van der Waals surface area contributed by atoms with Crippen LogP contribution in [0.5, 0.6) is 0 Å². The Balaban J connectivity index is 1.19. The van der Waals surface area contributed by atoms with E-state index in [0.29, 0.717) is 12.3 Å². The second kappa shape index (κ2) is 9.71. The summed E-state index contributed by atoms with van der Waals surface area (Å²) in [6.45, 7) is 15.4. The van der Waals surface area contributed by atoms with Crippen LogP contribution < -0.4 is 0 Å². The molecule has 4 N–H and O–H groups in total.